The van der Waals surface area contributed by atoms with Crippen molar-refractivity contribution in [1.29, 1.82) is 0 Å². The topological polar surface area (TPSA) is 73.9 Å². The van der Waals surface area contributed by atoms with Gasteiger partial charge in [0.25, 0.3) is 5.91 Å². The second-order valence-corrected chi connectivity index (χ2v) is 5.61. The molecule has 1 amide bonds. The summed E-state index contributed by atoms with van der Waals surface area (Å²) in [5, 5.41) is 2.75. The first-order chi connectivity index (χ1) is 13.1. The second-order valence-electron chi connectivity index (χ2n) is 5.61. The number of esters is 1. The number of para-hydroxylation sites is 1. The Balaban J connectivity index is 1.90. The van der Waals surface area contributed by atoms with Gasteiger partial charge in [-0.15, -0.1) is 0 Å². The molecule has 0 saturated heterocycles. The summed E-state index contributed by atoms with van der Waals surface area (Å²) in [6.45, 7) is 1.64. The van der Waals surface area contributed by atoms with Crippen molar-refractivity contribution in [1.82, 2.24) is 0 Å². The van der Waals surface area contributed by atoms with Gasteiger partial charge in [-0.3, -0.25) is 4.79 Å². The van der Waals surface area contributed by atoms with Crippen LogP contribution < -0.4 is 14.8 Å². The van der Waals surface area contributed by atoms with Gasteiger partial charge in [0.15, 0.2) is 6.61 Å². The highest BCUT2D eigenvalue weighted by Gasteiger charge is 2.08. The molecule has 0 bridgehead atoms. The maximum Gasteiger partial charge on any atom is 0.331 e. The molecule has 0 atom stereocenters. The average molecular weight is 369 g/mol. The van der Waals surface area contributed by atoms with E-state index in [1.165, 1.54) is 13.2 Å². The number of amides is 1. The number of hydrogen-bond donors (Lipinski definition) is 1. The molecule has 27 heavy (non-hydrogen) atoms. The van der Waals surface area contributed by atoms with Crippen molar-refractivity contribution in [3.8, 4) is 11.5 Å². The first-order valence-corrected chi connectivity index (χ1v) is 8.52. The summed E-state index contributed by atoms with van der Waals surface area (Å²) in [6.07, 6.45) is 3.60. The van der Waals surface area contributed by atoms with E-state index in [2.05, 4.69) is 5.32 Å². The van der Waals surface area contributed by atoms with E-state index in [0.29, 0.717) is 17.1 Å². The zero-order valence-corrected chi connectivity index (χ0v) is 15.7. The molecule has 0 unspecified atom stereocenters. The first-order valence-electron chi connectivity index (χ1n) is 8.52. The number of methoxy groups -OCH3 is 2. The van der Waals surface area contributed by atoms with Crippen molar-refractivity contribution in [2.24, 2.45) is 0 Å². The van der Waals surface area contributed by atoms with E-state index in [0.717, 1.165) is 17.7 Å². The molecule has 1 N–H and O–H groups in total. The molecule has 0 aliphatic rings. The molecule has 0 aliphatic heterocycles. The summed E-state index contributed by atoms with van der Waals surface area (Å²) < 4.78 is 15.4. The molecule has 0 saturated carbocycles. The minimum absolute atomic E-state index is 0.360. The number of aryl methyl sites for hydroxylation is 1. The van der Waals surface area contributed by atoms with Gasteiger partial charge >= 0.3 is 5.97 Å². The van der Waals surface area contributed by atoms with Gasteiger partial charge in [-0.05, 0) is 36.3 Å². The Bertz CT molecular complexity index is 829. The first kappa shape index (κ1) is 20.0. The molecule has 0 aliphatic carbocycles. The summed E-state index contributed by atoms with van der Waals surface area (Å²) in [5.74, 6) is 0.203. The molecular weight excluding hydrogens is 346 g/mol. The highest BCUT2D eigenvalue weighted by Crippen LogP contribution is 2.25. The molecule has 0 heterocycles. The van der Waals surface area contributed by atoms with Crippen LogP contribution in [0.25, 0.3) is 6.08 Å². The molecule has 2 aromatic carbocycles. The van der Waals surface area contributed by atoms with E-state index in [1.54, 1.807) is 31.4 Å². The van der Waals surface area contributed by atoms with E-state index in [4.69, 9.17) is 14.2 Å². The van der Waals surface area contributed by atoms with E-state index >= 15 is 0 Å². The van der Waals surface area contributed by atoms with Crippen LogP contribution in [0.2, 0.25) is 0 Å². The molecule has 0 fully saturated rings. The summed E-state index contributed by atoms with van der Waals surface area (Å²) in [6, 6.07) is 12.7. The minimum atomic E-state index is -0.619. The second kappa shape index (κ2) is 10.0. The van der Waals surface area contributed by atoms with Crippen LogP contribution in [0.15, 0.2) is 48.5 Å². The third-order valence-electron chi connectivity index (χ3n) is 3.86. The standard InChI is InChI=1S/C21H23NO5/c1-4-15-7-5-6-8-18(15)22-20(23)14-27-21(24)12-10-16-9-11-17(25-2)13-19(16)26-3/h5-13H,4,14H2,1-3H3,(H,22,23). The SMILES string of the molecule is CCc1ccccc1NC(=O)COC(=O)C=Cc1ccc(OC)cc1OC. The van der Waals surface area contributed by atoms with Crippen LogP contribution in [0.3, 0.4) is 0 Å². The van der Waals surface area contributed by atoms with Crippen molar-refractivity contribution in [2.75, 3.05) is 26.1 Å². The summed E-state index contributed by atoms with van der Waals surface area (Å²) in [5.41, 5.74) is 2.43. The maximum absolute atomic E-state index is 12.0. The van der Waals surface area contributed by atoms with Crippen LogP contribution in [0.5, 0.6) is 11.5 Å². The van der Waals surface area contributed by atoms with E-state index in [9.17, 15) is 9.59 Å². The van der Waals surface area contributed by atoms with Crippen molar-refractivity contribution in [3.05, 3.63) is 59.7 Å². The van der Waals surface area contributed by atoms with E-state index in [-0.39, 0.29) is 12.5 Å². The fraction of sp³-hybridized carbons (Fsp3) is 0.238. The molecule has 6 heteroatoms. The number of ether oxygens (including phenoxy) is 3. The molecule has 142 valence electrons. The van der Waals surface area contributed by atoms with E-state index < -0.39 is 5.97 Å². The van der Waals surface area contributed by atoms with Crippen molar-refractivity contribution in [3.63, 3.8) is 0 Å². The Kier molecular flexibility index (Phi) is 7.43. The third-order valence-corrected chi connectivity index (χ3v) is 3.86. The fourth-order valence-corrected chi connectivity index (χ4v) is 2.44. The fourth-order valence-electron chi connectivity index (χ4n) is 2.44. The zero-order valence-electron chi connectivity index (χ0n) is 15.7. The average Bonchev–Trinajstić information content (AvgIpc) is 2.70. The lowest BCUT2D eigenvalue weighted by Gasteiger charge is -2.09. The van der Waals surface area contributed by atoms with Gasteiger partial charge in [-0.2, -0.15) is 0 Å². The van der Waals surface area contributed by atoms with Crippen LogP contribution in [-0.4, -0.2) is 32.7 Å². The predicted octanol–water partition coefficient (Wildman–Crippen LogP) is 3.46. The molecule has 2 rings (SSSR count). The van der Waals surface area contributed by atoms with Gasteiger partial charge in [-0.1, -0.05) is 25.1 Å². The lowest BCUT2D eigenvalue weighted by Crippen LogP contribution is -2.20. The highest BCUT2D eigenvalue weighted by molar-refractivity contribution is 5.95. The molecular formula is C21H23NO5. The highest BCUT2D eigenvalue weighted by atomic mass is 16.5. The molecule has 0 spiro atoms. The van der Waals surface area contributed by atoms with E-state index in [1.807, 2.05) is 31.2 Å². The van der Waals surface area contributed by atoms with Gasteiger partial charge in [0.1, 0.15) is 11.5 Å². The van der Waals surface area contributed by atoms with Gasteiger partial charge in [-0.25, -0.2) is 4.79 Å². The lowest BCUT2D eigenvalue weighted by atomic mass is 10.1. The van der Waals surface area contributed by atoms with Crippen molar-refractivity contribution in [2.45, 2.75) is 13.3 Å². The third kappa shape index (κ3) is 5.88. The number of anilines is 1. The number of hydrogen-bond acceptors (Lipinski definition) is 5. The number of rotatable bonds is 8. The van der Waals surface area contributed by atoms with Crippen LogP contribution in [0.1, 0.15) is 18.1 Å². The number of benzene rings is 2. The van der Waals surface area contributed by atoms with Crippen LogP contribution in [0, 0.1) is 0 Å². The van der Waals surface area contributed by atoms with Crippen LogP contribution >= 0.6 is 0 Å². The molecule has 6 nitrogen and oxygen atoms in total. The smallest absolute Gasteiger partial charge is 0.331 e. The van der Waals surface area contributed by atoms with Crippen LogP contribution in [-0.2, 0) is 20.7 Å². The zero-order chi connectivity index (χ0) is 19.6. The summed E-state index contributed by atoms with van der Waals surface area (Å²) in [7, 11) is 3.09. The summed E-state index contributed by atoms with van der Waals surface area (Å²) in [4.78, 5) is 23.8. The van der Waals surface area contributed by atoms with Gasteiger partial charge in [0.2, 0.25) is 0 Å². The van der Waals surface area contributed by atoms with Gasteiger partial charge < -0.3 is 19.5 Å². The van der Waals surface area contributed by atoms with Gasteiger partial charge in [0, 0.05) is 23.4 Å². The summed E-state index contributed by atoms with van der Waals surface area (Å²) >= 11 is 0. The lowest BCUT2D eigenvalue weighted by molar-refractivity contribution is -0.142. The quantitative estimate of drug-likeness (QED) is 0.570. The van der Waals surface area contributed by atoms with Crippen LogP contribution in [0.4, 0.5) is 5.69 Å². The molecule has 0 aromatic heterocycles. The molecule has 0 radical (unpaired) electrons. The Morgan fingerprint density at radius 2 is 1.85 bits per heavy atom. The Morgan fingerprint density at radius 1 is 1.07 bits per heavy atom. The Morgan fingerprint density at radius 3 is 2.56 bits per heavy atom. The van der Waals surface area contributed by atoms with Gasteiger partial charge in [0.05, 0.1) is 14.2 Å². The molecule has 2 aromatic rings. The number of carbonyl (C=O) groups excluding carboxylic acids is 2. The largest absolute Gasteiger partial charge is 0.497 e. The Labute approximate surface area is 158 Å². The number of carbonyl (C=O) groups is 2. The minimum Gasteiger partial charge on any atom is -0.497 e. The van der Waals surface area contributed by atoms with Crippen molar-refractivity contribution < 1.29 is 23.8 Å². The number of nitrogens with one attached hydrogen (secondary N) is 1. The predicted molar refractivity (Wildman–Crippen MR) is 104 cm³/mol. The Hall–Kier alpha value is -3.28. The maximum atomic E-state index is 12.0. The normalized spacial score (nSPS) is 10.5. The van der Waals surface area contributed by atoms with Crippen molar-refractivity contribution >= 4 is 23.6 Å². The monoisotopic (exact) mass is 369 g/mol.